The average molecular weight is 271 g/mol. The largest absolute Gasteiger partial charge is 0.381 e. The van der Waals surface area contributed by atoms with E-state index in [1.54, 1.807) is 0 Å². The summed E-state index contributed by atoms with van der Waals surface area (Å²) in [6, 6.07) is 0. The van der Waals surface area contributed by atoms with Crippen molar-refractivity contribution in [1.29, 1.82) is 0 Å². The van der Waals surface area contributed by atoms with Crippen LogP contribution >= 0.6 is 0 Å². The molecule has 0 amide bonds. The molecule has 1 heteroatoms. The zero-order valence-corrected chi connectivity index (χ0v) is 15.0. The van der Waals surface area contributed by atoms with Gasteiger partial charge in [0, 0.05) is 13.2 Å². The molecule has 0 spiro atoms. The molecule has 0 saturated heterocycles. The fourth-order valence-corrected chi connectivity index (χ4v) is 2.55. The number of hydrogen-bond donors (Lipinski definition) is 0. The Morgan fingerprint density at radius 2 is 1.11 bits per heavy atom. The molecule has 116 valence electrons. The van der Waals surface area contributed by atoms with Gasteiger partial charge in [-0.05, 0) is 41.4 Å². The minimum absolute atomic E-state index is 0.379. The highest BCUT2D eigenvalue weighted by Gasteiger charge is 2.24. The van der Waals surface area contributed by atoms with E-state index in [-0.39, 0.29) is 0 Å². The number of hydrogen-bond acceptors (Lipinski definition) is 1. The van der Waals surface area contributed by atoms with Crippen molar-refractivity contribution < 1.29 is 4.74 Å². The van der Waals surface area contributed by atoms with E-state index >= 15 is 0 Å². The summed E-state index contributed by atoms with van der Waals surface area (Å²) in [5.41, 5.74) is 1.16. The topological polar surface area (TPSA) is 9.23 Å². The molecule has 0 unspecified atom stereocenters. The van der Waals surface area contributed by atoms with Crippen LogP contribution in [-0.2, 0) is 4.74 Å². The second-order valence-corrected chi connectivity index (χ2v) is 9.78. The normalized spacial score (nSPS) is 14.2. The molecule has 0 aliphatic heterocycles. The molecule has 0 fully saturated rings. The standard InChI is InChI=1S/C18H38O/c1-16(2,3)10-11-19-14-15(12-17(4,5)6)13-18(7,8)9/h15H,10-14H2,1-9H3. The maximum absolute atomic E-state index is 5.96. The summed E-state index contributed by atoms with van der Waals surface area (Å²) in [4.78, 5) is 0. The van der Waals surface area contributed by atoms with Crippen LogP contribution in [0.4, 0.5) is 0 Å². The van der Waals surface area contributed by atoms with Crippen molar-refractivity contribution in [3.05, 3.63) is 0 Å². The minimum Gasteiger partial charge on any atom is -0.381 e. The van der Waals surface area contributed by atoms with E-state index in [0.717, 1.165) is 19.6 Å². The second kappa shape index (κ2) is 7.11. The second-order valence-electron chi connectivity index (χ2n) is 9.78. The van der Waals surface area contributed by atoms with Gasteiger partial charge in [0.2, 0.25) is 0 Å². The van der Waals surface area contributed by atoms with E-state index in [1.165, 1.54) is 12.8 Å². The summed E-state index contributed by atoms with van der Waals surface area (Å²) in [5.74, 6) is 0.681. The summed E-state index contributed by atoms with van der Waals surface area (Å²) < 4.78 is 5.96. The van der Waals surface area contributed by atoms with Crippen molar-refractivity contribution in [2.24, 2.45) is 22.2 Å². The molecule has 0 saturated carbocycles. The maximum Gasteiger partial charge on any atom is 0.0494 e. The van der Waals surface area contributed by atoms with Crippen LogP contribution in [0.15, 0.2) is 0 Å². The molecule has 0 rings (SSSR count). The Hall–Kier alpha value is -0.0400. The molecule has 0 radical (unpaired) electrons. The van der Waals surface area contributed by atoms with Crippen LogP contribution in [0.2, 0.25) is 0 Å². The van der Waals surface area contributed by atoms with Gasteiger partial charge in [-0.15, -0.1) is 0 Å². The first-order chi connectivity index (χ1) is 8.29. The highest BCUT2D eigenvalue weighted by Crippen LogP contribution is 2.33. The van der Waals surface area contributed by atoms with Crippen LogP contribution < -0.4 is 0 Å². The third kappa shape index (κ3) is 14.2. The van der Waals surface area contributed by atoms with Gasteiger partial charge in [-0.2, -0.15) is 0 Å². The molecule has 0 heterocycles. The molecular weight excluding hydrogens is 232 g/mol. The van der Waals surface area contributed by atoms with Crippen LogP contribution in [0.3, 0.4) is 0 Å². The molecule has 0 atom stereocenters. The highest BCUT2D eigenvalue weighted by molar-refractivity contribution is 4.74. The molecule has 0 aromatic rings. The zero-order chi connectivity index (χ0) is 15.3. The summed E-state index contributed by atoms with van der Waals surface area (Å²) in [6.45, 7) is 22.6. The fourth-order valence-electron chi connectivity index (χ4n) is 2.55. The lowest BCUT2D eigenvalue weighted by Gasteiger charge is -2.31. The molecule has 0 aliphatic carbocycles. The molecule has 0 N–H and O–H groups in total. The van der Waals surface area contributed by atoms with Crippen molar-refractivity contribution >= 4 is 0 Å². The Labute approximate surface area is 122 Å². The lowest BCUT2D eigenvalue weighted by atomic mass is 9.77. The Balaban J connectivity index is 4.20. The van der Waals surface area contributed by atoms with Gasteiger partial charge in [-0.25, -0.2) is 0 Å². The Morgan fingerprint density at radius 3 is 1.42 bits per heavy atom. The molecule has 0 aromatic heterocycles. The quantitative estimate of drug-likeness (QED) is 0.544. The van der Waals surface area contributed by atoms with Crippen molar-refractivity contribution in [1.82, 2.24) is 0 Å². The predicted molar refractivity (Wildman–Crippen MR) is 86.5 cm³/mol. The molecule has 0 aliphatic rings. The fraction of sp³-hybridized carbons (Fsp3) is 1.00. The molecule has 0 bridgehead atoms. The van der Waals surface area contributed by atoms with Gasteiger partial charge < -0.3 is 4.74 Å². The first-order valence-electron chi connectivity index (χ1n) is 7.86. The first kappa shape index (κ1) is 19.0. The van der Waals surface area contributed by atoms with Crippen molar-refractivity contribution in [2.45, 2.75) is 81.6 Å². The third-order valence-corrected chi connectivity index (χ3v) is 3.15. The maximum atomic E-state index is 5.96. The van der Waals surface area contributed by atoms with Gasteiger partial charge in [0.15, 0.2) is 0 Å². The summed E-state index contributed by atoms with van der Waals surface area (Å²) in [5, 5.41) is 0. The lowest BCUT2D eigenvalue weighted by molar-refractivity contribution is 0.0517. The van der Waals surface area contributed by atoms with Gasteiger partial charge in [-0.1, -0.05) is 62.3 Å². The van der Waals surface area contributed by atoms with Crippen molar-refractivity contribution in [3.63, 3.8) is 0 Å². The van der Waals surface area contributed by atoms with Gasteiger partial charge in [-0.3, -0.25) is 0 Å². The van der Waals surface area contributed by atoms with E-state index in [2.05, 4.69) is 62.3 Å². The number of ether oxygens (including phenoxy) is 1. The third-order valence-electron chi connectivity index (χ3n) is 3.15. The summed E-state index contributed by atoms with van der Waals surface area (Å²) >= 11 is 0. The highest BCUT2D eigenvalue weighted by atomic mass is 16.5. The van der Waals surface area contributed by atoms with Crippen molar-refractivity contribution in [2.75, 3.05) is 13.2 Å². The molecular formula is C18H38O. The smallest absolute Gasteiger partial charge is 0.0494 e. The van der Waals surface area contributed by atoms with Crippen LogP contribution in [0.5, 0.6) is 0 Å². The minimum atomic E-state index is 0.379. The van der Waals surface area contributed by atoms with Gasteiger partial charge in [0.25, 0.3) is 0 Å². The van der Waals surface area contributed by atoms with E-state index in [4.69, 9.17) is 4.74 Å². The van der Waals surface area contributed by atoms with Crippen LogP contribution in [0.25, 0.3) is 0 Å². The van der Waals surface area contributed by atoms with E-state index in [9.17, 15) is 0 Å². The lowest BCUT2D eigenvalue weighted by Crippen LogP contribution is -2.23. The van der Waals surface area contributed by atoms with E-state index in [0.29, 0.717) is 22.2 Å². The predicted octanol–water partition coefficient (Wildman–Crippen LogP) is 5.93. The average Bonchev–Trinajstić information content (AvgIpc) is 2.05. The summed E-state index contributed by atoms with van der Waals surface area (Å²) in [6.07, 6.45) is 3.64. The monoisotopic (exact) mass is 270 g/mol. The van der Waals surface area contributed by atoms with Crippen molar-refractivity contribution in [3.8, 4) is 0 Å². The Morgan fingerprint density at radius 1 is 0.684 bits per heavy atom. The van der Waals surface area contributed by atoms with Crippen LogP contribution in [0.1, 0.15) is 81.6 Å². The van der Waals surface area contributed by atoms with Gasteiger partial charge >= 0.3 is 0 Å². The molecule has 0 aromatic carbocycles. The Bertz CT molecular complexity index is 218. The van der Waals surface area contributed by atoms with Crippen LogP contribution in [0, 0.1) is 22.2 Å². The Kier molecular flexibility index (Phi) is 7.09. The van der Waals surface area contributed by atoms with Gasteiger partial charge in [0.1, 0.15) is 0 Å². The van der Waals surface area contributed by atoms with E-state index in [1.807, 2.05) is 0 Å². The van der Waals surface area contributed by atoms with E-state index < -0.39 is 0 Å². The van der Waals surface area contributed by atoms with Gasteiger partial charge in [0.05, 0.1) is 0 Å². The molecule has 1 nitrogen and oxygen atoms in total. The zero-order valence-electron chi connectivity index (χ0n) is 15.0. The number of rotatable bonds is 6. The molecule has 19 heavy (non-hydrogen) atoms. The van der Waals surface area contributed by atoms with Crippen LogP contribution in [-0.4, -0.2) is 13.2 Å². The SMILES string of the molecule is CC(C)(C)CCOCC(CC(C)(C)C)CC(C)(C)C. The first-order valence-corrected chi connectivity index (χ1v) is 7.86. The summed E-state index contributed by atoms with van der Waals surface area (Å²) in [7, 11) is 0.